The Morgan fingerprint density at radius 1 is 1.15 bits per heavy atom. The number of hydrogen-bond donors (Lipinski definition) is 1. The maximum Gasteiger partial charge on any atom is 0.228 e. The Morgan fingerprint density at radius 2 is 1.89 bits per heavy atom. The molecular formula is C23H25N3O. The molecule has 2 atom stereocenters. The van der Waals surface area contributed by atoms with Crippen LogP contribution < -0.4 is 5.32 Å². The number of nitrogens with zero attached hydrogens (tertiary/aromatic N) is 2. The fourth-order valence-electron chi connectivity index (χ4n) is 3.87. The molecule has 4 rings (SSSR count). The summed E-state index contributed by atoms with van der Waals surface area (Å²) < 4.78 is 2.00. The molecule has 0 spiro atoms. The number of amides is 1. The molecule has 2 unspecified atom stereocenters. The van der Waals surface area contributed by atoms with Crippen molar-refractivity contribution in [2.45, 2.75) is 27.7 Å². The average Bonchev–Trinajstić information content (AvgIpc) is 2.97. The molecule has 3 aromatic rings. The van der Waals surface area contributed by atoms with Crippen molar-refractivity contribution in [3.8, 4) is 11.3 Å². The van der Waals surface area contributed by atoms with Gasteiger partial charge in [-0.1, -0.05) is 43.7 Å². The van der Waals surface area contributed by atoms with Crippen molar-refractivity contribution in [2.75, 3.05) is 5.32 Å². The first kappa shape index (κ1) is 17.5. The molecule has 0 bridgehead atoms. The van der Waals surface area contributed by atoms with Crippen LogP contribution in [0.15, 0.2) is 66.5 Å². The Bertz CT molecular complexity index is 990. The Hall–Kier alpha value is -2.88. The number of rotatable bonds is 4. The van der Waals surface area contributed by atoms with E-state index in [-0.39, 0.29) is 17.2 Å². The summed E-state index contributed by atoms with van der Waals surface area (Å²) in [6, 6.07) is 13.8. The number of carbonyl (C=O) groups excluding carboxylic acids is 1. The van der Waals surface area contributed by atoms with Gasteiger partial charge in [-0.3, -0.25) is 4.79 Å². The number of imidazole rings is 1. The molecule has 1 N–H and O–H groups in total. The summed E-state index contributed by atoms with van der Waals surface area (Å²) in [4.78, 5) is 17.3. The third-order valence-corrected chi connectivity index (χ3v) is 5.52. The Morgan fingerprint density at radius 3 is 2.56 bits per heavy atom. The summed E-state index contributed by atoms with van der Waals surface area (Å²) in [7, 11) is 0. The van der Waals surface area contributed by atoms with E-state index in [0.29, 0.717) is 5.92 Å². The number of carbonyl (C=O) groups is 1. The van der Waals surface area contributed by atoms with Gasteiger partial charge in [0, 0.05) is 23.6 Å². The molecule has 2 heterocycles. The predicted octanol–water partition coefficient (Wildman–Crippen LogP) is 5.18. The summed E-state index contributed by atoms with van der Waals surface area (Å²) in [5, 5.41) is 3.07. The van der Waals surface area contributed by atoms with Gasteiger partial charge in [-0.05, 0) is 49.4 Å². The lowest BCUT2D eigenvalue weighted by Gasteiger charge is -2.07. The molecule has 1 saturated carbocycles. The smallest absolute Gasteiger partial charge is 0.228 e. The van der Waals surface area contributed by atoms with Crippen molar-refractivity contribution in [3.63, 3.8) is 0 Å². The second kappa shape index (κ2) is 6.38. The summed E-state index contributed by atoms with van der Waals surface area (Å²) in [5.41, 5.74) is 4.99. The molecule has 2 aromatic heterocycles. The van der Waals surface area contributed by atoms with Crippen LogP contribution in [0.2, 0.25) is 0 Å². The number of pyridine rings is 1. The molecule has 0 saturated heterocycles. The largest absolute Gasteiger partial charge is 0.326 e. The van der Waals surface area contributed by atoms with Crippen LogP contribution >= 0.6 is 0 Å². The van der Waals surface area contributed by atoms with E-state index in [9.17, 15) is 4.79 Å². The van der Waals surface area contributed by atoms with E-state index in [1.54, 1.807) is 0 Å². The minimum atomic E-state index is 0.0256. The summed E-state index contributed by atoms with van der Waals surface area (Å²) in [6.45, 7) is 8.49. The quantitative estimate of drug-likeness (QED) is 0.653. The molecule has 1 aromatic carbocycles. The fourth-order valence-corrected chi connectivity index (χ4v) is 3.87. The van der Waals surface area contributed by atoms with E-state index in [0.717, 1.165) is 22.6 Å². The second-order valence-corrected chi connectivity index (χ2v) is 8.23. The van der Waals surface area contributed by atoms with E-state index in [1.807, 2.05) is 59.3 Å². The highest BCUT2D eigenvalue weighted by atomic mass is 16.2. The minimum Gasteiger partial charge on any atom is -0.326 e. The van der Waals surface area contributed by atoms with E-state index < -0.39 is 0 Å². The molecule has 1 aliphatic carbocycles. The predicted molar refractivity (Wildman–Crippen MR) is 109 cm³/mol. The van der Waals surface area contributed by atoms with Gasteiger partial charge in [0.15, 0.2) is 0 Å². The van der Waals surface area contributed by atoms with E-state index in [2.05, 4.69) is 44.1 Å². The van der Waals surface area contributed by atoms with Crippen LogP contribution in [0.25, 0.3) is 16.9 Å². The van der Waals surface area contributed by atoms with Crippen LogP contribution in [0.5, 0.6) is 0 Å². The van der Waals surface area contributed by atoms with Crippen molar-refractivity contribution >= 4 is 17.2 Å². The summed E-state index contributed by atoms with van der Waals surface area (Å²) in [6.07, 6.45) is 6.22. The van der Waals surface area contributed by atoms with Gasteiger partial charge in [-0.2, -0.15) is 0 Å². The fraction of sp³-hybridized carbons (Fsp3) is 0.304. The second-order valence-electron chi connectivity index (χ2n) is 8.23. The van der Waals surface area contributed by atoms with Gasteiger partial charge in [-0.15, -0.1) is 0 Å². The highest BCUT2D eigenvalue weighted by Crippen LogP contribution is 2.59. The third-order valence-electron chi connectivity index (χ3n) is 5.52. The molecule has 27 heavy (non-hydrogen) atoms. The first-order valence-corrected chi connectivity index (χ1v) is 9.36. The van der Waals surface area contributed by atoms with Crippen LogP contribution in [0.1, 0.15) is 27.7 Å². The molecular weight excluding hydrogens is 334 g/mol. The average molecular weight is 359 g/mol. The Kier molecular flexibility index (Phi) is 4.14. The number of hydrogen-bond acceptors (Lipinski definition) is 2. The van der Waals surface area contributed by atoms with Gasteiger partial charge in [0.2, 0.25) is 5.91 Å². The number of fused-ring (bicyclic) bond motifs is 1. The first-order valence-electron chi connectivity index (χ1n) is 9.36. The molecule has 4 heteroatoms. The van der Waals surface area contributed by atoms with Gasteiger partial charge in [0.05, 0.1) is 11.6 Å². The Labute approximate surface area is 159 Å². The lowest BCUT2D eigenvalue weighted by Crippen LogP contribution is -2.16. The van der Waals surface area contributed by atoms with Crippen molar-refractivity contribution in [1.29, 1.82) is 0 Å². The number of benzene rings is 1. The number of aromatic nitrogens is 2. The van der Waals surface area contributed by atoms with Gasteiger partial charge in [-0.25, -0.2) is 4.98 Å². The lowest BCUT2D eigenvalue weighted by atomic mass is 10.1. The van der Waals surface area contributed by atoms with Crippen molar-refractivity contribution < 1.29 is 4.79 Å². The SMILES string of the molecule is CC(C)=CC1C(C(=O)Nc2ccc(-c3cn4ccccc4n3)cc2)C1(C)C. The first-order chi connectivity index (χ1) is 12.9. The standard InChI is InChI=1S/C23H25N3O/c1-15(2)13-18-21(23(18,3)4)22(27)24-17-10-8-16(9-11-17)19-14-26-12-6-5-7-20(26)25-19/h5-14,18,21H,1-4H3,(H,24,27). The zero-order valence-corrected chi connectivity index (χ0v) is 16.2. The Balaban J connectivity index is 1.48. The normalized spacial score (nSPS) is 20.3. The van der Waals surface area contributed by atoms with Crippen LogP contribution in [0.3, 0.4) is 0 Å². The van der Waals surface area contributed by atoms with E-state index in [4.69, 9.17) is 0 Å². The van der Waals surface area contributed by atoms with Gasteiger partial charge in [0.25, 0.3) is 0 Å². The van der Waals surface area contributed by atoms with Crippen LogP contribution in [0.4, 0.5) is 5.69 Å². The number of anilines is 1. The van der Waals surface area contributed by atoms with Crippen molar-refractivity contribution in [1.82, 2.24) is 9.38 Å². The molecule has 4 nitrogen and oxygen atoms in total. The van der Waals surface area contributed by atoms with Gasteiger partial charge < -0.3 is 9.72 Å². The molecule has 1 aliphatic rings. The lowest BCUT2D eigenvalue weighted by molar-refractivity contribution is -0.118. The minimum absolute atomic E-state index is 0.0256. The van der Waals surface area contributed by atoms with E-state index in [1.165, 1.54) is 5.57 Å². The maximum absolute atomic E-state index is 12.7. The zero-order chi connectivity index (χ0) is 19.2. The zero-order valence-electron chi connectivity index (χ0n) is 16.2. The van der Waals surface area contributed by atoms with Crippen LogP contribution in [-0.2, 0) is 4.79 Å². The monoisotopic (exact) mass is 359 g/mol. The van der Waals surface area contributed by atoms with Gasteiger partial charge >= 0.3 is 0 Å². The molecule has 1 amide bonds. The van der Waals surface area contributed by atoms with Crippen LogP contribution in [0, 0.1) is 17.3 Å². The molecule has 0 radical (unpaired) electrons. The van der Waals surface area contributed by atoms with Crippen LogP contribution in [-0.4, -0.2) is 15.3 Å². The highest BCUT2D eigenvalue weighted by Gasteiger charge is 2.60. The highest BCUT2D eigenvalue weighted by molar-refractivity contribution is 5.96. The summed E-state index contributed by atoms with van der Waals surface area (Å²) in [5.74, 6) is 0.452. The molecule has 138 valence electrons. The van der Waals surface area contributed by atoms with Crippen molar-refractivity contribution in [3.05, 3.63) is 66.5 Å². The molecule has 1 fully saturated rings. The molecule has 0 aliphatic heterocycles. The summed E-state index contributed by atoms with van der Waals surface area (Å²) >= 11 is 0. The topological polar surface area (TPSA) is 46.4 Å². The third kappa shape index (κ3) is 3.27. The van der Waals surface area contributed by atoms with E-state index >= 15 is 0 Å². The number of nitrogens with one attached hydrogen (secondary N) is 1. The van der Waals surface area contributed by atoms with Crippen molar-refractivity contribution in [2.24, 2.45) is 17.3 Å². The maximum atomic E-state index is 12.7. The number of allylic oxidation sites excluding steroid dienone is 2. The van der Waals surface area contributed by atoms with Gasteiger partial charge in [0.1, 0.15) is 5.65 Å².